The standard InChI is InChI=1S/C17H20O2.2C15H16O2/c1-17(2,13-5-9-15(18-3)10-6-13)14-7-11-16(19-4)12-8-14;2*1-15(2,11-3-7-13(16)8-4-11)12-5-9-14(17)10-6-12/h5-12H,1-4H3;2*3-10,16-17H,1-2H3. The third kappa shape index (κ3) is 10.1. The van der Waals surface area contributed by atoms with E-state index < -0.39 is 0 Å². The van der Waals surface area contributed by atoms with E-state index in [-0.39, 0.29) is 39.2 Å². The highest BCUT2D eigenvalue weighted by molar-refractivity contribution is 5.44. The summed E-state index contributed by atoms with van der Waals surface area (Å²) < 4.78 is 10.4. The molecule has 276 valence electrons. The van der Waals surface area contributed by atoms with Crippen LogP contribution in [0.15, 0.2) is 146 Å². The van der Waals surface area contributed by atoms with Gasteiger partial charge < -0.3 is 29.9 Å². The first-order valence-electron chi connectivity index (χ1n) is 17.5. The number of aromatic hydroxyl groups is 4. The van der Waals surface area contributed by atoms with Crippen LogP contribution in [-0.4, -0.2) is 34.6 Å². The summed E-state index contributed by atoms with van der Waals surface area (Å²) in [5.41, 5.74) is 6.68. The molecular formula is C47H52O6. The van der Waals surface area contributed by atoms with Crippen LogP contribution >= 0.6 is 0 Å². The number of ether oxygens (including phenoxy) is 2. The van der Waals surface area contributed by atoms with Gasteiger partial charge in [0.05, 0.1) is 14.2 Å². The van der Waals surface area contributed by atoms with Gasteiger partial charge in [-0.25, -0.2) is 0 Å². The molecule has 0 aromatic heterocycles. The second-order valence-electron chi connectivity index (χ2n) is 14.5. The molecule has 6 heteroatoms. The Balaban J connectivity index is 0.000000178. The van der Waals surface area contributed by atoms with Crippen molar-refractivity contribution in [1.82, 2.24) is 0 Å². The van der Waals surface area contributed by atoms with E-state index in [9.17, 15) is 20.4 Å². The van der Waals surface area contributed by atoms with Gasteiger partial charge in [-0.2, -0.15) is 0 Å². The molecule has 0 amide bonds. The Morgan fingerprint density at radius 2 is 0.434 bits per heavy atom. The van der Waals surface area contributed by atoms with Gasteiger partial charge in [0.1, 0.15) is 34.5 Å². The minimum Gasteiger partial charge on any atom is -0.508 e. The molecule has 0 saturated heterocycles. The summed E-state index contributed by atoms with van der Waals surface area (Å²) in [6.45, 7) is 12.9. The highest BCUT2D eigenvalue weighted by Gasteiger charge is 2.25. The van der Waals surface area contributed by atoms with Crippen LogP contribution in [0.2, 0.25) is 0 Å². The Hall–Kier alpha value is -5.88. The third-order valence-corrected chi connectivity index (χ3v) is 9.98. The van der Waals surface area contributed by atoms with Crippen molar-refractivity contribution >= 4 is 0 Å². The summed E-state index contributed by atoms with van der Waals surface area (Å²) in [6.07, 6.45) is 0. The minimum atomic E-state index is -0.151. The summed E-state index contributed by atoms with van der Waals surface area (Å²) in [7, 11) is 3.37. The normalized spacial score (nSPS) is 11.3. The molecule has 0 aliphatic carbocycles. The number of rotatable bonds is 8. The van der Waals surface area contributed by atoms with Crippen molar-refractivity contribution in [3.8, 4) is 34.5 Å². The van der Waals surface area contributed by atoms with Gasteiger partial charge in [-0.1, -0.05) is 114 Å². The molecule has 0 unspecified atom stereocenters. The summed E-state index contributed by atoms with van der Waals surface area (Å²) in [5, 5.41) is 37.2. The molecule has 53 heavy (non-hydrogen) atoms. The second-order valence-corrected chi connectivity index (χ2v) is 14.5. The summed E-state index contributed by atoms with van der Waals surface area (Å²) >= 11 is 0. The monoisotopic (exact) mass is 712 g/mol. The second kappa shape index (κ2) is 17.1. The fraction of sp³-hybridized carbons (Fsp3) is 0.234. The largest absolute Gasteiger partial charge is 0.508 e. The molecule has 0 radical (unpaired) electrons. The maximum absolute atomic E-state index is 9.30. The van der Waals surface area contributed by atoms with Crippen molar-refractivity contribution in [2.24, 2.45) is 0 Å². The van der Waals surface area contributed by atoms with Crippen LogP contribution in [0.25, 0.3) is 0 Å². The first-order valence-corrected chi connectivity index (χ1v) is 17.5. The van der Waals surface area contributed by atoms with Crippen molar-refractivity contribution in [2.75, 3.05) is 14.2 Å². The molecule has 0 saturated carbocycles. The number of methoxy groups -OCH3 is 2. The van der Waals surface area contributed by atoms with Gasteiger partial charge in [0.25, 0.3) is 0 Å². The molecule has 6 rings (SSSR count). The van der Waals surface area contributed by atoms with E-state index in [0.717, 1.165) is 33.8 Å². The number of phenolic OH excluding ortho intramolecular Hbond substituents is 4. The van der Waals surface area contributed by atoms with Crippen molar-refractivity contribution in [2.45, 2.75) is 57.8 Å². The van der Waals surface area contributed by atoms with Crippen LogP contribution < -0.4 is 9.47 Å². The zero-order valence-corrected chi connectivity index (χ0v) is 32.0. The lowest BCUT2D eigenvalue weighted by atomic mass is 9.78. The first kappa shape index (κ1) is 39.9. The minimum absolute atomic E-state index is 0.0431. The molecule has 0 atom stereocenters. The molecule has 0 aliphatic heterocycles. The van der Waals surface area contributed by atoms with Crippen LogP contribution in [0.5, 0.6) is 34.5 Å². The quantitative estimate of drug-likeness (QED) is 0.125. The molecule has 0 heterocycles. The number of phenols is 4. The lowest BCUT2D eigenvalue weighted by Crippen LogP contribution is -2.18. The Kier molecular flexibility index (Phi) is 12.9. The van der Waals surface area contributed by atoms with Gasteiger partial charge in [0, 0.05) is 16.2 Å². The van der Waals surface area contributed by atoms with E-state index in [4.69, 9.17) is 9.47 Å². The topological polar surface area (TPSA) is 99.4 Å². The highest BCUT2D eigenvalue weighted by atomic mass is 16.5. The van der Waals surface area contributed by atoms with Crippen molar-refractivity contribution < 1.29 is 29.9 Å². The smallest absolute Gasteiger partial charge is 0.118 e. The van der Waals surface area contributed by atoms with E-state index in [0.29, 0.717) is 0 Å². The molecule has 0 aliphatic rings. The van der Waals surface area contributed by atoms with Crippen molar-refractivity contribution in [3.63, 3.8) is 0 Å². The Bertz CT molecular complexity index is 1750. The first-order chi connectivity index (χ1) is 25.1. The number of hydrogen-bond donors (Lipinski definition) is 4. The average Bonchev–Trinajstić information content (AvgIpc) is 3.16. The Labute approximate surface area is 314 Å². The van der Waals surface area contributed by atoms with Crippen molar-refractivity contribution in [3.05, 3.63) is 179 Å². The van der Waals surface area contributed by atoms with E-state index in [1.165, 1.54) is 11.1 Å². The van der Waals surface area contributed by atoms with Gasteiger partial charge in [-0.05, 0) is 106 Å². The molecule has 0 bridgehead atoms. The molecule has 6 aromatic carbocycles. The summed E-state index contributed by atoms with van der Waals surface area (Å²) in [6, 6.07) is 45.3. The van der Waals surface area contributed by atoms with E-state index >= 15 is 0 Å². The van der Waals surface area contributed by atoms with E-state index in [1.54, 1.807) is 62.8 Å². The molecule has 0 fully saturated rings. The van der Waals surface area contributed by atoms with Crippen LogP contribution in [-0.2, 0) is 16.2 Å². The van der Waals surface area contributed by atoms with Crippen LogP contribution in [0, 0.1) is 0 Å². The number of benzene rings is 6. The van der Waals surface area contributed by atoms with Crippen LogP contribution in [0.1, 0.15) is 74.9 Å². The van der Waals surface area contributed by atoms with Gasteiger partial charge in [0.15, 0.2) is 0 Å². The van der Waals surface area contributed by atoms with Gasteiger partial charge in [0.2, 0.25) is 0 Å². The Morgan fingerprint density at radius 3 is 0.585 bits per heavy atom. The van der Waals surface area contributed by atoms with Gasteiger partial charge in [-0.15, -0.1) is 0 Å². The predicted octanol–water partition coefficient (Wildman–Crippen LogP) is 10.9. The van der Waals surface area contributed by atoms with Gasteiger partial charge in [-0.3, -0.25) is 0 Å². The lowest BCUT2D eigenvalue weighted by molar-refractivity contribution is 0.414. The lowest BCUT2D eigenvalue weighted by Gasteiger charge is -2.26. The maximum Gasteiger partial charge on any atom is 0.118 e. The van der Waals surface area contributed by atoms with E-state index in [1.807, 2.05) is 72.8 Å². The molecule has 6 aromatic rings. The maximum atomic E-state index is 9.30. The summed E-state index contributed by atoms with van der Waals surface area (Å²) in [5.74, 6) is 2.86. The molecule has 4 N–H and O–H groups in total. The van der Waals surface area contributed by atoms with Gasteiger partial charge >= 0.3 is 0 Å². The fourth-order valence-corrected chi connectivity index (χ4v) is 6.03. The Morgan fingerprint density at radius 1 is 0.283 bits per heavy atom. The van der Waals surface area contributed by atoms with Crippen molar-refractivity contribution in [1.29, 1.82) is 0 Å². The third-order valence-electron chi connectivity index (χ3n) is 9.98. The highest BCUT2D eigenvalue weighted by Crippen LogP contribution is 2.35. The molecule has 6 nitrogen and oxygen atoms in total. The fourth-order valence-electron chi connectivity index (χ4n) is 6.03. The summed E-state index contributed by atoms with van der Waals surface area (Å²) in [4.78, 5) is 0. The predicted molar refractivity (Wildman–Crippen MR) is 215 cm³/mol. The SMILES string of the molecule is CC(C)(c1ccc(O)cc1)c1ccc(O)cc1.CC(C)(c1ccc(O)cc1)c1ccc(O)cc1.COc1ccc(C(C)(C)c2ccc(OC)cc2)cc1. The van der Waals surface area contributed by atoms with E-state index in [2.05, 4.69) is 65.8 Å². The molecular weight excluding hydrogens is 661 g/mol. The van der Waals surface area contributed by atoms with Crippen LogP contribution in [0.3, 0.4) is 0 Å². The molecule has 0 spiro atoms. The number of hydrogen-bond acceptors (Lipinski definition) is 6. The van der Waals surface area contributed by atoms with Crippen LogP contribution in [0.4, 0.5) is 0 Å². The zero-order valence-electron chi connectivity index (χ0n) is 32.0. The zero-order chi connectivity index (χ0) is 38.8. The average molecular weight is 713 g/mol.